The summed E-state index contributed by atoms with van der Waals surface area (Å²) in [7, 11) is 3.16. The number of ketones is 1. The molecule has 0 fully saturated rings. The van der Waals surface area contributed by atoms with Gasteiger partial charge in [0.2, 0.25) is 10.9 Å². The van der Waals surface area contributed by atoms with Gasteiger partial charge in [0.15, 0.2) is 17.3 Å². The van der Waals surface area contributed by atoms with E-state index in [1.807, 2.05) is 19.1 Å². The van der Waals surface area contributed by atoms with Gasteiger partial charge in [-0.15, -0.1) is 0 Å². The van der Waals surface area contributed by atoms with Gasteiger partial charge in [0.1, 0.15) is 0 Å². The summed E-state index contributed by atoms with van der Waals surface area (Å²) in [5, 5.41) is 4.74. The number of anilines is 1. The number of benzene rings is 1. The second kappa shape index (κ2) is 9.19. The molecule has 0 bridgehead atoms. The molecule has 0 saturated heterocycles. The van der Waals surface area contributed by atoms with Crippen molar-refractivity contribution >= 4 is 28.5 Å². The maximum atomic E-state index is 11.5. The Hall–Kier alpha value is -2.61. The Balaban J connectivity index is 2.19. The van der Waals surface area contributed by atoms with Crippen LogP contribution in [-0.4, -0.2) is 37.8 Å². The number of rotatable bonds is 9. The number of nitrogens with one attached hydrogen (secondary N) is 1. The van der Waals surface area contributed by atoms with Gasteiger partial charge in [0.05, 0.1) is 37.6 Å². The van der Waals surface area contributed by atoms with E-state index in [2.05, 4.69) is 15.5 Å². The molecule has 140 valence electrons. The minimum absolute atomic E-state index is 0.00540. The van der Waals surface area contributed by atoms with Gasteiger partial charge in [0, 0.05) is 12.5 Å². The summed E-state index contributed by atoms with van der Waals surface area (Å²) in [6, 6.07) is 3.62. The lowest BCUT2D eigenvalue weighted by Gasteiger charge is -2.14. The van der Waals surface area contributed by atoms with Crippen LogP contribution in [0.4, 0.5) is 5.13 Å². The van der Waals surface area contributed by atoms with E-state index in [-0.39, 0.29) is 5.78 Å². The first-order valence-corrected chi connectivity index (χ1v) is 8.98. The van der Waals surface area contributed by atoms with Gasteiger partial charge >= 0.3 is 0 Å². The van der Waals surface area contributed by atoms with Crippen molar-refractivity contribution < 1.29 is 19.0 Å². The number of aryl methyl sites for hydroxylation is 1. The van der Waals surface area contributed by atoms with Crippen LogP contribution in [-0.2, 0) is 0 Å². The highest BCUT2D eigenvalue weighted by molar-refractivity contribution is 7.17. The first kappa shape index (κ1) is 19.7. The molecule has 1 N–H and O–H groups in total. The summed E-state index contributed by atoms with van der Waals surface area (Å²) in [6.07, 6.45) is 2.51. The zero-order chi connectivity index (χ0) is 19.1. The summed E-state index contributed by atoms with van der Waals surface area (Å²) >= 11 is 1.27. The maximum Gasteiger partial charge on any atom is 0.204 e. The number of nitrogens with zero attached hydrogens (tertiary/aromatic N) is 2. The van der Waals surface area contributed by atoms with Crippen molar-refractivity contribution in [3.63, 3.8) is 0 Å². The molecular weight excluding hydrogens is 354 g/mol. The SMILES string of the molecule is CCCOc1c(OC)cc(/C=N\Nc2nc(C)c(C(C)=O)s2)cc1OC. The van der Waals surface area contributed by atoms with E-state index in [0.717, 1.165) is 12.0 Å². The summed E-state index contributed by atoms with van der Waals surface area (Å²) in [5.74, 6) is 1.71. The van der Waals surface area contributed by atoms with Crippen LogP contribution in [0.25, 0.3) is 0 Å². The highest BCUT2D eigenvalue weighted by atomic mass is 32.1. The zero-order valence-corrected chi connectivity index (χ0v) is 16.4. The summed E-state index contributed by atoms with van der Waals surface area (Å²) < 4.78 is 16.5. The third-order valence-corrected chi connectivity index (χ3v) is 4.59. The lowest BCUT2D eigenvalue weighted by Crippen LogP contribution is -2.01. The van der Waals surface area contributed by atoms with Crippen molar-refractivity contribution in [1.29, 1.82) is 0 Å². The summed E-state index contributed by atoms with van der Waals surface area (Å²) in [4.78, 5) is 16.4. The van der Waals surface area contributed by atoms with Crippen molar-refractivity contribution in [2.75, 3.05) is 26.3 Å². The molecule has 0 atom stereocenters. The van der Waals surface area contributed by atoms with Crippen LogP contribution < -0.4 is 19.6 Å². The lowest BCUT2D eigenvalue weighted by atomic mass is 10.2. The average molecular weight is 377 g/mol. The Morgan fingerprint density at radius 2 is 1.96 bits per heavy atom. The van der Waals surface area contributed by atoms with Gasteiger partial charge in [-0.3, -0.25) is 10.2 Å². The van der Waals surface area contributed by atoms with Crippen molar-refractivity contribution in [1.82, 2.24) is 4.98 Å². The minimum Gasteiger partial charge on any atom is -0.493 e. The number of hydrazone groups is 1. The fourth-order valence-corrected chi connectivity index (χ4v) is 3.07. The fourth-order valence-electron chi connectivity index (χ4n) is 2.25. The standard InChI is InChI=1S/C18H23N3O4S/c1-6-7-25-16-14(23-4)8-13(9-15(16)24-5)10-19-21-18-20-11(2)17(26-18)12(3)22/h8-10H,6-7H2,1-5H3,(H,20,21)/b19-10-. The average Bonchev–Trinajstić information content (AvgIpc) is 3.00. The molecule has 0 radical (unpaired) electrons. The van der Waals surface area contributed by atoms with Crippen molar-refractivity contribution in [2.24, 2.45) is 5.10 Å². The van der Waals surface area contributed by atoms with E-state index >= 15 is 0 Å². The van der Waals surface area contributed by atoms with Gasteiger partial charge in [0.25, 0.3) is 0 Å². The van der Waals surface area contributed by atoms with Gasteiger partial charge < -0.3 is 14.2 Å². The molecule has 0 saturated carbocycles. The van der Waals surface area contributed by atoms with Crippen molar-refractivity contribution in [2.45, 2.75) is 27.2 Å². The molecule has 26 heavy (non-hydrogen) atoms. The van der Waals surface area contributed by atoms with Gasteiger partial charge in [-0.1, -0.05) is 18.3 Å². The smallest absolute Gasteiger partial charge is 0.204 e. The number of Topliss-reactive ketones (excluding diaryl/α,β-unsaturated/α-hetero) is 1. The van der Waals surface area contributed by atoms with E-state index < -0.39 is 0 Å². The largest absolute Gasteiger partial charge is 0.493 e. The van der Waals surface area contributed by atoms with Gasteiger partial charge in [-0.2, -0.15) is 5.10 Å². The summed E-state index contributed by atoms with van der Waals surface area (Å²) in [6.45, 7) is 5.92. The maximum absolute atomic E-state index is 11.5. The Morgan fingerprint density at radius 3 is 2.46 bits per heavy atom. The van der Waals surface area contributed by atoms with Crippen LogP contribution in [0.1, 0.15) is 41.2 Å². The molecule has 0 spiro atoms. The lowest BCUT2D eigenvalue weighted by molar-refractivity contribution is 0.102. The minimum atomic E-state index is -0.00540. The monoisotopic (exact) mass is 377 g/mol. The molecule has 0 aliphatic rings. The van der Waals surface area contributed by atoms with Crippen LogP contribution in [0.3, 0.4) is 0 Å². The summed E-state index contributed by atoms with van der Waals surface area (Å²) in [5.41, 5.74) is 4.31. The van der Waals surface area contributed by atoms with E-state index in [0.29, 0.717) is 39.6 Å². The third-order valence-electron chi connectivity index (χ3n) is 3.42. The molecule has 8 heteroatoms. The van der Waals surface area contributed by atoms with Crippen molar-refractivity contribution in [3.05, 3.63) is 28.3 Å². The second-order valence-corrected chi connectivity index (χ2v) is 6.46. The van der Waals surface area contributed by atoms with E-state index in [1.54, 1.807) is 27.4 Å². The van der Waals surface area contributed by atoms with Crippen LogP contribution in [0.2, 0.25) is 0 Å². The highest BCUT2D eigenvalue weighted by Crippen LogP contribution is 2.38. The molecule has 1 aromatic carbocycles. The molecule has 1 heterocycles. The first-order chi connectivity index (χ1) is 12.5. The predicted octanol–water partition coefficient (Wildman–Crippen LogP) is 3.91. The normalized spacial score (nSPS) is 10.8. The quantitative estimate of drug-likeness (QED) is 0.405. The Morgan fingerprint density at radius 1 is 1.31 bits per heavy atom. The molecule has 2 rings (SSSR count). The zero-order valence-electron chi connectivity index (χ0n) is 15.6. The number of thiazole rings is 1. The number of hydrogen-bond donors (Lipinski definition) is 1. The van der Waals surface area contributed by atoms with Crippen LogP contribution in [0, 0.1) is 6.92 Å². The van der Waals surface area contributed by atoms with E-state index in [4.69, 9.17) is 14.2 Å². The number of carbonyl (C=O) groups is 1. The Kier molecular flexibility index (Phi) is 6.97. The van der Waals surface area contributed by atoms with Gasteiger partial charge in [-0.25, -0.2) is 4.98 Å². The van der Waals surface area contributed by atoms with Crippen LogP contribution >= 0.6 is 11.3 Å². The molecule has 0 amide bonds. The van der Waals surface area contributed by atoms with E-state index in [9.17, 15) is 4.79 Å². The van der Waals surface area contributed by atoms with Gasteiger partial charge in [-0.05, 0) is 25.5 Å². The first-order valence-electron chi connectivity index (χ1n) is 8.16. The Bertz CT molecular complexity index is 777. The molecule has 7 nitrogen and oxygen atoms in total. The number of ether oxygens (including phenoxy) is 3. The molecule has 2 aromatic rings. The third kappa shape index (κ3) is 4.72. The highest BCUT2D eigenvalue weighted by Gasteiger charge is 2.14. The molecular formula is C18H23N3O4S. The van der Waals surface area contributed by atoms with Crippen LogP contribution in [0.5, 0.6) is 17.2 Å². The fraction of sp³-hybridized carbons (Fsp3) is 0.389. The number of aromatic nitrogens is 1. The molecule has 1 aromatic heterocycles. The topological polar surface area (TPSA) is 82.0 Å². The number of hydrogen-bond acceptors (Lipinski definition) is 8. The Labute approximate surface area is 157 Å². The van der Waals surface area contributed by atoms with Crippen molar-refractivity contribution in [3.8, 4) is 17.2 Å². The number of carbonyl (C=O) groups excluding carboxylic acids is 1. The predicted molar refractivity (Wildman–Crippen MR) is 103 cm³/mol. The van der Waals surface area contributed by atoms with E-state index in [1.165, 1.54) is 18.3 Å². The molecule has 0 aliphatic carbocycles. The van der Waals surface area contributed by atoms with Crippen LogP contribution in [0.15, 0.2) is 17.2 Å². The molecule has 0 aliphatic heterocycles. The number of methoxy groups -OCH3 is 2. The second-order valence-electron chi connectivity index (χ2n) is 5.46. The molecule has 0 unspecified atom stereocenters.